The van der Waals surface area contributed by atoms with Gasteiger partial charge < -0.3 is 29.7 Å². The molecule has 0 amide bonds. The highest BCUT2D eigenvalue weighted by molar-refractivity contribution is 6.15. The van der Waals surface area contributed by atoms with Crippen LogP contribution in [0.1, 0.15) is 12.0 Å². The van der Waals surface area contributed by atoms with Crippen LogP contribution in [0.5, 0.6) is 5.75 Å². The van der Waals surface area contributed by atoms with Crippen molar-refractivity contribution in [2.45, 2.75) is 6.42 Å². The number of carbonyl (C=O) groups is 1. The van der Waals surface area contributed by atoms with Gasteiger partial charge >= 0.3 is 0 Å². The summed E-state index contributed by atoms with van der Waals surface area (Å²) in [5.41, 5.74) is 3.32. The van der Waals surface area contributed by atoms with Gasteiger partial charge in [0.05, 0.1) is 48.7 Å². The first-order valence-corrected chi connectivity index (χ1v) is 11.4. The molecule has 1 saturated heterocycles. The second-order valence-electron chi connectivity index (χ2n) is 8.27. The highest BCUT2D eigenvalue weighted by Gasteiger charge is 2.15. The minimum atomic E-state index is -1.36. The number of nitrogens with one attached hydrogen (secondary N) is 2. The second-order valence-corrected chi connectivity index (χ2v) is 8.27. The number of rotatable bonds is 9. The zero-order chi connectivity index (χ0) is 24.2. The summed E-state index contributed by atoms with van der Waals surface area (Å²) in [7, 11) is 0. The van der Waals surface area contributed by atoms with Crippen molar-refractivity contribution >= 4 is 45.0 Å². The number of aliphatic carboxylic acids is 1. The lowest BCUT2D eigenvalue weighted by atomic mass is 10.0. The van der Waals surface area contributed by atoms with Crippen molar-refractivity contribution in [2.75, 3.05) is 44.8 Å². The van der Waals surface area contributed by atoms with Crippen LogP contribution in [0, 0.1) is 0 Å². The molecule has 180 valence electrons. The Hall–Kier alpha value is -4.02. The van der Waals surface area contributed by atoms with E-state index >= 15 is 0 Å². The predicted octanol–water partition coefficient (Wildman–Crippen LogP) is 2.11. The average Bonchev–Trinajstić information content (AvgIpc) is 3.34. The van der Waals surface area contributed by atoms with Crippen molar-refractivity contribution < 1.29 is 19.4 Å². The molecule has 0 radical (unpaired) electrons. The molecule has 1 aliphatic heterocycles. The van der Waals surface area contributed by atoms with Crippen molar-refractivity contribution in [3.05, 3.63) is 55.1 Å². The third-order valence-corrected chi connectivity index (χ3v) is 5.97. The Balaban J connectivity index is 1.40. The molecule has 0 spiro atoms. The summed E-state index contributed by atoms with van der Waals surface area (Å²) in [5.74, 6) is -0.434. The number of carbonyl (C=O) groups excluding carboxylic acids is 1. The fraction of sp³-hybridized carbons (Fsp3) is 0.280. The molecule has 2 aromatic carbocycles. The molecule has 1 fully saturated rings. The molecular weight excluding hydrogens is 448 g/mol. The maximum absolute atomic E-state index is 11.7. The monoisotopic (exact) mass is 473 g/mol. The van der Waals surface area contributed by atoms with E-state index < -0.39 is 5.97 Å². The Morgan fingerprint density at radius 1 is 1.17 bits per heavy atom. The van der Waals surface area contributed by atoms with Crippen LogP contribution in [0.25, 0.3) is 27.5 Å². The summed E-state index contributed by atoms with van der Waals surface area (Å²) >= 11 is 0. The Morgan fingerprint density at radius 2 is 2.03 bits per heavy atom. The number of carboxylic acid groups (broad SMARTS) is 1. The molecule has 2 aromatic heterocycles. The smallest absolute Gasteiger partial charge is 0.141 e. The fourth-order valence-electron chi connectivity index (χ4n) is 4.09. The van der Waals surface area contributed by atoms with E-state index in [1.807, 2.05) is 18.2 Å². The van der Waals surface area contributed by atoms with Crippen molar-refractivity contribution in [2.24, 2.45) is 0 Å². The minimum Gasteiger partial charge on any atom is -0.545 e. The molecule has 35 heavy (non-hydrogen) atoms. The van der Waals surface area contributed by atoms with E-state index in [-0.39, 0.29) is 5.57 Å². The van der Waals surface area contributed by atoms with Crippen LogP contribution in [0.15, 0.2) is 49.6 Å². The lowest BCUT2D eigenvalue weighted by Gasteiger charge is -2.26. The molecular formula is C25H25N6O4-. The zero-order valence-corrected chi connectivity index (χ0v) is 19.1. The number of hydrogen-bond acceptors (Lipinski definition) is 9. The molecule has 0 atom stereocenters. The zero-order valence-electron chi connectivity index (χ0n) is 19.1. The van der Waals surface area contributed by atoms with Gasteiger partial charge in [-0.05, 0) is 30.7 Å². The van der Waals surface area contributed by atoms with Gasteiger partial charge in [-0.2, -0.15) is 0 Å². The molecule has 0 saturated carbocycles. The van der Waals surface area contributed by atoms with Crippen molar-refractivity contribution in [3.8, 4) is 5.75 Å². The summed E-state index contributed by atoms with van der Waals surface area (Å²) in [6, 6.07) is 9.11. The number of hydrogen-bond donors (Lipinski definition) is 2. The Bertz CT molecular complexity index is 1380. The summed E-state index contributed by atoms with van der Waals surface area (Å²) in [5, 5.41) is 15.6. The van der Waals surface area contributed by atoms with E-state index in [0.717, 1.165) is 56.0 Å². The topological polar surface area (TPSA) is 128 Å². The van der Waals surface area contributed by atoms with Gasteiger partial charge in [-0.15, -0.1) is 0 Å². The number of aromatic amines is 1. The summed E-state index contributed by atoms with van der Waals surface area (Å²) < 4.78 is 11.4. The Morgan fingerprint density at radius 3 is 2.86 bits per heavy atom. The molecule has 4 aromatic rings. The number of benzene rings is 2. The van der Waals surface area contributed by atoms with Crippen LogP contribution in [-0.2, 0) is 9.53 Å². The molecule has 0 aliphatic carbocycles. The Kier molecular flexibility index (Phi) is 6.55. The van der Waals surface area contributed by atoms with Gasteiger partial charge in [-0.3, -0.25) is 4.90 Å². The summed E-state index contributed by atoms with van der Waals surface area (Å²) in [4.78, 5) is 30.0. The second kappa shape index (κ2) is 10.1. The van der Waals surface area contributed by atoms with Gasteiger partial charge in [0, 0.05) is 47.9 Å². The molecule has 2 N–H and O–H groups in total. The number of fused-ring (bicyclic) bond motifs is 2. The van der Waals surface area contributed by atoms with E-state index in [1.165, 1.54) is 6.33 Å². The van der Waals surface area contributed by atoms with Crippen LogP contribution < -0.4 is 15.2 Å². The van der Waals surface area contributed by atoms with E-state index in [1.54, 1.807) is 18.5 Å². The molecule has 1 aliphatic rings. The first-order chi connectivity index (χ1) is 17.1. The predicted molar refractivity (Wildman–Crippen MR) is 130 cm³/mol. The van der Waals surface area contributed by atoms with Crippen molar-refractivity contribution in [1.82, 2.24) is 24.8 Å². The molecule has 0 bridgehead atoms. The highest BCUT2D eigenvalue weighted by atomic mass is 16.5. The standard InChI is InChI=1S/C25H26N6O4/c1-16(25(32)33)18-12-19-21(13-23(18)35-8-2-5-31-6-9-34-10-7-31)27-15-29-24(19)30-17-3-4-20-22(11-17)28-14-26-20/h3-4,11-15H,1-2,5-10H2,(H,26,28)(H,32,33)(H,27,29,30)/p-1. The molecule has 5 rings (SSSR count). The van der Waals surface area contributed by atoms with Gasteiger partial charge in [-0.25, -0.2) is 15.0 Å². The lowest BCUT2D eigenvalue weighted by Crippen LogP contribution is -2.37. The van der Waals surface area contributed by atoms with Crippen molar-refractivity contribution in [1.29, 1.82) is 0 Å². The third-order valence-electron chi connectivity index (χ3n) is 5.97. The molecule has 0 unspecified atom stereocenters. The molecule has 10 nitrogen and oxygen atoms in total. The van der Waals surface area contributed by atoms with Crippen LogP contribution in [0.4, 0.5) is 11.5 Å². The maximum atomic E-state index is 11.7. The SMILES string of the molecule is C=C(C(=O)[O-])c1cc2c(Nc3ccc4nc[nH]c4c3)ncnc2cc1OCCCN1CCOCC1. The van der Waals surface area contributed by atoms with Gasteiger partial charge in [0.2, 0.25) is 0 Å². The highest BCUT2D eigenvalue weighted by Crippen LogP contribution is 2.33. The van der Waals surface area contributed by atoms with Crippen LogP contribution >= 0.6 is 0 Å². The normalized spacial score (nSPS) is 14.3. The van der Waals surface area contributed by atoms with Crippen LogP contribution in [-0.4, -0.2) is 70.3 Å². The van der Waals surface area contributed by atoms with Crippen molar-refractivity contribution in [3.63, 3.8) is 0 Å². The number of carboxylic acids is 1. The van der Waals surface area contributed by atoms with Gasteiger partial charge in [0.15, 0.2) is 0 Å². The molecule has 3 heterocycles. The average molecular weight is 474 g/mol. The summed E-state index contributed by atoms with van der Waals surface area (Å²) in [6.07, 6.45) is 3.88. The first-order valence-electron chi connectivity index (χ1n) is 11.4. The van der Waals surface area contributed by atoms with E-state index in [9.17, 15) is 9.90 Å². The number of morpholine rings is 1. The van der Waals surface area contributed by atoms with Gasteiger partial charge in [0.1, 0.15) is 17.9 Å². The number of H-pyrrole nitrogens is 1. The number of ether oxygens (including phenoxy) is 2. The van der Waals surface area contributed by atoms with E-state index in [2.05, 4.69) is 36.7 Å². The maximum Gasteiger partial charge on any atom is 0.141 e. The van der Waals surface area contributed by atoms with E-state index in [0.29, 0.717) is 34.6 Å². The van der Waals surface area contributed by atoms with Gasteiger partial charge in [0.25, 0.3) is 0 Å². The number of aromatic nitrogens is 4. The third kappa shape index (κ3) is 5.08. The Labute approximate surface area is 201 Å². The van der Waals surface area contributed by atoms with Crippen LogP contribution in [0.3, 0.4) is 0 Å². The van der Waals surface area contributed by atoms with E-state index in [4.69, 9.17) is 9.47 Å². The largest absolute Gasteiger partial charge is 0.545 e. The molecule has 10 heteroatoms. The lowest BCUT2D eigenvalue weighted by molar-refractivity contribution is -0.295. The first kappa shape index (κ1) is 22.8. The minimum absolute atomic E-state index is 0.163. The number of nitrogens with zero attached hydrogens (tertiary/aromatic N) is 4. The number of imidazole rings is 1. The quantitative estimate of drug-likeness (QED) is 0.277. The van der Waals surface area contributed by atoms with Gasteiger partial charge in [-0.1, -0.05) is 6.58 Å². The fourth-order valence-corrected chi connectivity index (χ4v) is 4.09. The number of anilines is 2. The van der Waals surface area contributed by atoms with Crippen LogP contribution in [0.2, 0.25) is 0 Å². The summed E-state index contributed by atoms with van der Waals surface area (Å²) in [6.45, 7) is 8.30.